The fourth-order valence-electron chi connectivity index (χ4n) is 2.10. The Balaban J connectivity index is 2.49. The Hall–Kier alpha value is -0.810. The number of methoxy groups -OCH3 is 1. The van der Waals surface area contributed by atoms with E-state index in [4.69, 9.17) is 4.74 Å². The summed E-state index contributed by atoms with van der Waals surface area (Å²) < 4.78 is 5.30. The summed E-state index contributed by atoms with van der Waals surface area (Å²) in [5.41, 5.74) is 0. The van der Waals surface area contributed by atoms with E-state index in [2.05, 4.69) is 5.32 Å². The molecule has 0 aliphatic heterocycles. The van der Waals surface area contributed by atoms with Crippen LogP contribution in [0.4, 0.5) is 4.79 Å². The molecule has 1 saturated carbocycles. The molecule has 94 valence electrons. The van der Waals surface area contributed by atoms with Crippen molar-refractivity contribution >= 4 is 6.03 Å². The average molecular weight is 230 g/mol. The third kappa shape index (κ3) is 3.35. The van der Waals surface area contributed by atoms with E-state index in [9.17, 15) is 10.0 Å². The first kappa shape index (κ1) is 13.3. The quantitative estimate of drug-likeness (QED) is 0.571. The van der Waals surface area contributed by atoms with Crippen molar-refractivity contribution in [1.29, 1.82) is 0 Å². The van der Waals surface area contributed by atoms with Gasteiger partial charge in [-0.05, 0) is 19.3 Å². The molecule has 2 N–H and O–H groups in total. The molecule has 16 heavy (non-hydrogen) atoms. The molecule has 0 aromatic carbocycles. The van der Waals surface area contributed by atoms with Crippen molar-refractivity contribution in [2.75, 3.05) is 13.7 Å². The number of amides is 2. The van der Waals surface area contributed by atoms with E-state index < -0.39 is 6.03 Å². The van der Waals surface area contributed by atoms with Gasteiger partial charge < -0.3 is 10.1 Å². The van der Waals surface area contributed by atoms with E-state index in [1.54, 1.807) is 7.11 Å². The van der Waals surface area contributed by atoms with E-state index in [1.165, 1.54) is 0 Å². The maximum Gasteiger partial charge on any atom is 0.341 e. The molecule has 2 amide bonds. The second kappa shape index (κ2) is 6.70. The zero-order valence-electron chi connectivity index (χ0n) is 10.1. The summed E-state index contributed by atoms with van der Waals surface area (Å²) in [7, 11) is 1.63. The van der Waals surface area contributed by atoms with Gasteiger partial charge in [0, 0.05) is 13.7 Å². The van der Waals surface area contributed by atoms with E-state index in [0.29, 0.717) is 6.54 Å². The van der Waals surface area contributed by atoms with Crippen LogP contribution in [0, 0.1) is 0 Å². The highest BCUT2D eigenvalue weighted by molar-refractivity contribution is 5.73. The number of carbonyl (C=O) groups is 1. The standard InChI is InChI=1S/C11H22N2O3/c1-3-8-12-11(14)13(15)9-6-4-5-7-10(9)16-2/h9-10,15H,3-8H2,1-2H3,(H,12,14). The Morgan fingerprint density at radius 3 is 2.81 bits per heavy atom. The summed E-state index contributed by atoms with van der Waals surface area (Å²) in [5.74, 6) is 0. The first-order valence-corrected chi connectivity index (χ1v) is 5.99. The molecule has 0 heterocycles. The van der Waals surface area contributed by atoms with Crippen molar-refractivity contribution in [3.05, 3.63) is 0 Å². The number of hydrogen-bond donors (Lipinski definition) is 2. The van der Waals surface area contributed by atoms with Crippen LogP contribution in [0.25, 0.3) is 0 Å². The Bertz CT molecular complexity index is 223. The monoisotopic (exact) mass is 230 g/mol. The summed E-state index contributed by atoms with van der Waals surface area (Å²) in [6, 6.07) is -0.633. The van der Waals surface area contributed by atoms with Crippen molar-refractivity contribution in [3.63, 3.8) is 0 Å². The highest BCUT2D eigenvalue weighted by Gasteiger charge is 2.32. The summed E-state index contributed by atoms with van der Waals surface area (Å²) in [4.78, 5) is 11.6. The molecule has 5 heteroatoms. The van der Waals surface area contributed by atoms with E-state index in [0.717, 1.165) is 37.2 Å². The van der Waals surface area contributed by atoms with E-state index >= 15 is 0 Å². The highest BCUT2D eigenvalue weighted by atomic mass is 16.5. The summed E-state index contributed by atoms with van der Waals surface area (Å²) in [6.07, 6.45) is 4.64. The number of nitrogens with zero attached hydrogens (tertiary/aromatic N) is 1. The van der Waals surface area contributed by atoms with Crippen molar-refractivity contribution in [2.24, 2.45) is 0 Å². The molecule has 0 spiro atoms. The molecule has 5 nitrogen and oxygen atoms in total. The van der Waals surface area contributed by atoms with Gasteiger partial charge in [0.05, 0.1) is 12.1 Å². The molecule has 2 atom stereocenters. The van der Waals surface area contributed by atoms with Gasteiger partial charge in [-0.2, -0.15) is 0 Å². The molecule has 0 aromatic rings. The Morgan fingerprint density at radius 1 is 1.50 bits per heavy atom. The maximum atomic E-state index is 11.6. The summed E-state index contributed by atoms with van der Waals surface area (Å²) in [6.45, 7) is 2.56. The van der Waals surface area contributed by atoms with Gasteiger partial charge in [0.25, 0.3) is 0 Å². The number of nitrogens with one attached hydrogen (secondary N) is 1. The Labute approximate surface area is 96.7 Å². The lowest BCUT2D eigenvalue weighted by molar-refractivity contribution is -0.130. The number of ether oxygens (including phenoxy) is 1. The molecule has 1 rings (SSSR count). The van der Waals surface area contributed by atoms with Gasteiger partial charge in [-0.25, -0.2) is 9.86 Å². The van der Waals surface area contributed by atoms with Crippen LogP contribution in [-0.4, -0.2) is 42.1 Å². The predicted octanol–water partition coefficient (Wildman–Crippen LogP) is 1.75. The number of hydroxylamine groups is 2. The molecule has 1 aliphatic rings. The number of urea groups is 1. The second-order valence-corrected chi connectivity index (χ2v) is 4.20. The number of carbonyl (C=O) groups excluding carboxylic acids is 1. The third-order valence-corrected chi connectivity index (χ3v) is 3.02. The lowest BCUT2D eigenvalue weighted by Crippen LogP contribution is -2.51. The molecule has 0 bridgehead atoms. The van der Waals surface area contributed by atoms with Gasteiger partial charge in [0.15, 0.2) is 0 Å². The van der Waals surface area contributed by atoms with Crippen LogP contribution in [0.1, 0.15) is 39.0 Å². The van der Waals surface area contributed by atoms with Gasteiger partial charge in [-0.15, -0.1) is 0 Å². The van der Waals surface area contributed by atoms with E-state index in [1.807, 2.05) is 6.92 Å². The van der Waals surface area contributed by atoms with Gasteiger partial charge in [0.2, 0.25) is 0 Å². The largest absolute Gasteiger partial charge is 0.379 e. The smallest absolute Gasteiger partial charge is 0.341 e. The first-order chi connectivity index (χ1) is 7.70. The van der Waals surface area contributed by atoms with Crippen molar-refractivity contribution in [2.45, 2.75) is 51.2 Å². The predicted molar refractivity (Wildman–Crippen MR) is 60.4 cm³/mol. The normalized spacial score (nSPS) is 25.2. The number of rotatable bonds is 4. The zero-order valence-corrected chi connectivity index (χ0v) is 10.1. The third-order valence-electron chi connectivity index (χ3n) is 3.02. The second-order valence-electron chi connectivity index (χ2n) is 4.20. The highest BCUT2D eigenvalue weighted by Crippen LogP contribution is 2.24. The van der Waals surface area contributed by atoms with Crippen molar-refractivity contribution < 1.29 is 14.7 Å². The Morgan fingerprint density at radius 2 is 2.19 bits per heavy atom. The van der Waals surface area contributed by atoms with Crippen LogP contribution >= 0.6 is 0 Å². The summed E-state index contributed by atoms with van der Waals surface area (Å²) >= 11 is 0. The van der Waals surface area contributed by atoms with Crippen LogP contribution in [-0.2, 0) is 4.74 Å². The first-order valence-electron chi connectivity index (χ1n) is 5.99. The summed E-state index contributed by atoms with van der Waals surface area (Å²) in [5, 5.41) is 13.3. The van der Waals surface area contributed by atoms with Gasteiger partial charge in [-0.1, -0.05) is 19.8 Å². The van der Waals surface area contributed by atoms with Crippen LogP contribution in [0.3, 0.4) is 0 Å². The Kier molecular flexibility index (Phi) is 5.55. The van der Waals surface area contributed by atoms with Gasteiger partial charge >= 0.3 is 6.03 Å². The van der Waals surface area contributed by atoms with Crippen LogP contribution in [0.5, 0.6) is 0 Å². The molecule has 0 aromatic heterocycles. The topological polar surface area (TPSA) is 61.8 Å². The van der Waals surface area contributed by atoms with Crippen molar-refractivity contribution in [1.82, 2.24) is 10.4 Å². The molecule has 0 radical (unpaired) electrons. The van der Waals surface area contributed by atoms with Crippen molar-refractivity contribution in [3.8, 4) is 0 Å². The zero-order chi connectivity index (χ0) is 12.0. The van der Waals surface area contributed by atoms with Crippen LogP contribution in [0.2, 0.25) is 0 Å². The minimum absolute atomic E-state index is 0.0499. The maximum absolute atomic E-state index is 11.6. The molecular weight excluding hydrogens is 208 g/mol. The molecular formula is C11H22N2O3. The van der Waals surface area contributed by atoms with Crippen LogP contribution in [0.15, 0.2) is 0 Å². The molecule has 1 aliphatic carbocycles. The molecule has 1 fully saturated rings. The lowest BCUT2D eigenvalue weighted by atomic mass is 9.92. The minimum Gasteiger partial charge on any atom is -0.379 e. The molecule has 0 saturated heterocycles. The minimum atomic E-state index is -0.421. The van der Waals surface area contributed by atoms with E-state index in [-0.39, 0.29) is 12.1 Å². The van der Waals surface area contributed by atoms with Gasteiger partial charge in [-0.3, -0.25) is 5.21 Å². The van der Waals surface area contributed by atoms with Gasteiger partial charge in [0.1, 0.15) is 0 Å². The van der Waals surface area contributed by atoms with Crippen LogP contribution < -0.4 is 5.32 Å². The number of hydrogen-bond acceptors (Lipinski definition) is 3. The SMILES string of the molecule is CCCNC(=O)N(O)C1CCCCC1OC. The lowest BCUT2D eigenvalue weighted by Gasteiger charge is -2.35. The average Bonchev–Trinajstić information content (AvgIpc) is 2.34. The molecule has 2 unspecified atom stereocenters. The fourth-order valence-corrected chi connectivity index (χ4v) is 2.10. The fraction of sp³-hybridized carbons (Fsp3) is 0.909.